The number of benzene rings is 2. The molecule has 2 aromatic carbocycles. The van der Waals surface area contributed by atoms with Crippen LogP contribution < -0.4 is 5.32 Å². The van der Waals surface area contributed by atoms with Crippen LogP contribution in [0.2, 0.25) is 0 Å². The number of hydrogen-bond acceptors (Lipinski definition) is 4. The molecule has 1 fully saturated rings. The quantitative estimate of drug-likeness (QED) is 0.672. The van der Waals surface area contributed by atoms with Gasteiger partial charge in [0.05, 0.1) is 12.8 Å². The van der Waals surface area contributed by atoms with Crippen molar-refractivity contribution in [2.24, 2.45) is 0 Å². The smallest absolute Gasteiger partial charge is 0.251 e. The zero-order chi connectivity index (χ0) is 19.9. The van der Waals surface area contributed by atoms with Crippen molar-refractivity contribution in [3.05, 3.63) is 95.4 Å². The SMILES string of the molecule is O=C(NCc1ccco1)c1ccc(CN2CCN(Cc3ccccc3)CC2)cc1. The van der Waals surface area contributed by atoms with Crippen LogP contribution in [-0.2, 0) is 19.6 Å². The van der Waals surface area contributed by atoms with Crippen molar-refractivity contribution in [1.82, 2.24) is 15.1 Å². The molecule has 0 bridgehead atoms. The fraction of sp³-hybridized carbons (Fsp3) is 0.292. The third-order valence-corrected chi connectivity index (χ3v) is 5.34. The molecule has 1 N–H and O–H groups in total. The second kappa shape index (κ2) is 9.54. The molecule has 0 spiro atoms. The van der Waals surface area contributed by atoms with Crippen LogP contribution >= 0.6 is 0 Å². The first-order valence-corrected chi connectivity index (χ1v) is 10.1. The summed E-state index contributed by atoms with van der Waals surface area (Å²) in [5.74, 6) is 0.670. The summed E-state index contributed by atoms with van der Waals surface area (Å²) in [7, 11) is 0. The van der Waals surface area contributed by atoms with E-state index in [2.05, 4.69) is 57.6 Å². The van der Waals surface area contributed by atoms with Crippen LogP contribution in [0, 0.1) is 0 Å². The first kappa shape index (κ1) is 19.4. The summed E-state index contributed by atoms with van der Waals surface area (Å²) < 4.78 is 5.24. The van der Waals surface area contributed by atoms with Gasteiger partial charge in [-0.05, 0) is 35.4 Å². The maximum atomic E-state index is 12.3. The van der Waals surface area contributed by atoms with Gasteiger partial charge in [-0.25, -0.2) is 0 Å². The highest BCUT2D eigenvalue weighted by molar-refractivity contribution is 5.94. The summed E-state index contributed by atoms with van der Waals surface area (Å²) >= 11 is 0. The van der Waals surface area contributed by atoms with Gasteiger partial charge in [-0.1, -0.05) is 42.5 Å². The van der Waals surface area contributed by atoms with E-state index in [1.54, 1.807) is 6.26 Å². The standard InChI is InChI=1S/C24H27N3O2/c28-24(25-17-23-7-4-16-29-23)22-10-8-21(9-11-22)19-27-14-12-26(13-15-27)18-20-5-2-1-3-6-20/h1-11,16H,12-15,17-19H2,(H,25,28). The van der Waals surface area contributed by atoms with Gasteiger partial charge in [-0.3, -0.25) is 14.6 Å². The molecule has 1 amide bonds. The highest BCUT2D eigenvalue weighted by atomic mass is 16.3. The Morgan fingerprint density at radius 3 is 2.00 bits per heavy atom. The summed E-state index contributed by atoms with van der Waals surface area (Å²) in [4.78, 5) is 17.3. The highest BCUT2D eigenvalue weighted by Gasteiger charge is 2.17. The Hall–Kier alpha value is -2.89. The van der Waals surface area contributed by atoms with Gasteiger partial charge in [0.15, 0.2) is 0 Å². The number of nitrogens with zero attached hydrogens (tertiary/aromatic N) is 2. The van der Waals surface area contributed by atoms with Gasteiger partial charge >= 0.3 is 0 Å². The van der Waals surface area contributed by atoms with Crippen LogP contribution in [0.25, 0.3) is 0 Å². The lowest BCUT2D eigenvalue weighted by molar-refractivity contribution is 0.0948. The molecule has 5 heteroatoms. The van der Waals surface area contributed by atoms with E-state index in [0.29, 0.717) is 12.1 Å². The number of amides is 1. The number of hydrogen-bond donors (Lipinski definition) is 1. The fourth-order valence-electron chi connectivity index (χ4n) is 3.65. The third-order valence-electron chi connectivity index (χ3n) is 5.34. The molecule has 29 heavy (non-hydrogen) atoms. The van der Waals surface area contributed by atoms with Crippen molar-refractivity contribution >= 4 is 5.91 Å². The van der Waals surface area contributed by atoms with E-state index in [-0.39, 0.29) is 5.91 Å². The lowest BCUT2D eigenvalue weighted by Crippen LogP contribution is -2.45. The van der Waals surface area contributed by atoms with Gasteiger partial charge in [0.2, 0.25) is 0 Å². The van der Waals surface area contributed by atoms with Crippen LogP contribution in [0.3, 0.4) is 0 Å². The maximum absolute atomic E-state index is 12.3. The Kier molecular flexibility index (Phi) is 6.39. The van der Waals surface area contributed by atoms with E-state index in [9.17, 15) is 4.79 Å². The number of nitrogens with one attached hydrogen (secondary N) is 1. The topological polar surface area (TPSA) is 48.7 Å². The number of rotatable bonds is 7. The molecular formula is C24H27N3O2. The van der Waals surface area contributed by atoms with Crippen molar-refractivity contribution in [3.8, 4) is 0 Å². The molecule has 0 aliphatic carbocycles. The second-order valence-corrected chi connectivity index (χ2v) is 7.50. The van der Waals surface area contributed by atoms with Crippen LogP contribution in [-0.4, -0.2) is 41.9 Å². The highest BCUT2D eigenvalue weighted by Crippen LogP contribution is 2.13. The predicted molar refractivity (Wildman–Crippen MR) is 113 cm³/mol. The van der Waals surface area contributed by atoms with Gasteiger partial charge in [-0.2, -0.15) is 0 Å². The normalized spacial score (nSPS) is 15.3. The molecule has 0 saturated carbocycles. The van der Waals surface area contributed by atoms with E-state index in [0.717, 1.165) is 45.0 Å². The molecule has 2 heterocycles. The van der Waals surface area contributed by atoms with E-state index < -0.39 is 0 Å². The van der Waals surface area contributed by atoms with Gasteiger partial charge in [0, 0.05) is 44.8 Å². The fourth-order valence-corrected chi connectivity index (χ4v) is 3.65. The van der Waals surface area contributed by atoms with E-state index >= 15 is 0 Å². The van der Waals surface area contributed by atoms with E-state index in [1.165, 1.54) is 11.1 Å². The molecule has 5 nitrogen and oxygen atoms in total. The van der Waals surface area contributed by atoms with E-state index in [1.807, 2.05) is 24.3 Å². The van der Waals surface area contributed by atoms with Crippen molar-refractivity contribution in [2.45, 2.75) is 19.6 Å². The van der Waals surface area contributed by atoms with Crippen LogP contribution in [0.5, 0.6) is 0 Å². The molecule has 0 unspecified atom stereocenters. The van der Waals surface area contributed by atoms with Gasteiger partial charge < -0.3 is 9.73 Å². The zero-order valence-corrected chi connectivity index (χ0v) is 16.6. The van der Waals surface area contributed by atoms with Gasteiger partial charge in [0.1, 0.15) is 5.76 Å². The Balaban J connectivity index is 1.22. The Morgan fingerprint density at radius 1 is 0.793 bits per heavy atom. The summed E-state index contributed by atoms with van der Waals surface area (Å²) in [5.41, 5.74) is 3.29. The Labute approximate surface area is 171 Å². The van der Waals surface area contributed by atoms with Crippen LogP contribution in [0.1, 0.15) is 27.2 Å². The van der Waals surface area contributed by atoms with E-state index in [4.69, 9.17) is 4.42 Å². The third kappa shape index (κ3) is 5.56. The molecule has 1 aromatic heterocycles. The number of piperazine rings is 1. The first-order valence-electron chi connectivity index (χ1n) is 10.1. The average molecular weight is 389 g/mol. The van der Waals surface area contributed by atoms with Crippen molar-refractivity contribution in [3.63, 3.8) is 0 Å². The van der Waals surface area contributed by atoms with Crippen molar-refractivity contribution in [2.75, 3.05) is 26.2 Å². The number of carbonyl (C=O) groups excluding carboxylic acids is 1. The summed E-state index contributed by atoms with van der Waals surface area (Å²) in [6.07, 6.45) is 1.61. The molecule has 0 radical (unpaired) electrons. The molecule has 1 aliphatic rings. The van der Waals surface area contributed by atoms with Crippen molar-refractivity contribution < 1.29 is 9.21 Å². The molecule has 1 saturated heterocycles. The van der Waals surface area contributed by atoms with Crippen LogP contribution in [0.15, 0.2) is 77.4 Å². The second-order valence-electron chi connectivity index (χ2n) is 7.50. The minimum atomic E-state index is -0.0810. The summed E-state index contributed by atoms with van der Waals surface area (Å²) in [6, 6.07) is 22.2. The predicted octanol–water partition coefficient (Wildman–Crippen LogP) is 3.53. The Morgan fingerprint density at radius 2 is 1.41 bits per heavy atom. The minimum absolute atomic E-state index is 0.0810. The number of furan rings is 1. The summed E-state index contributed by atoms with van der Waals surface area (Å²) in [6.45, 7) is 6.66. The molecule has 0 atom stereocenters. The zero-order valence-electron chi connectivity index (χ0n) is 16.6. The summed E-state index contributed by atoms with van der Waals surface area (Å²) in [5, 5.41) is 2.88. The number of carbonyl (C=O) groups is 1. The van der Waals surface area contributed by atoms with Gasteiger partial charge in [-0.15, -0.1) is 0 Å². The monoisotopic (exact) mass is 389 g/mol. The van der Waals surface area contributed by atoms with Crippen LogP contribution in [0.4, 0.5) is 0 Å². The molecule has 1 aliphatic heterocycles. The lowest BCUT2D eigenvalue weighted by atomic mass is 10.1. The lowest BCUT2D eigenvalue weighted by Gasteiger charge is -2.34. The average Bonchev–Trinajstić information content (AvgIpc) is 3.28. The first-order chi connectivity index (χ1) is 14.3. The molecule has 4 rings (SSSR count). The molecular weight excluding hydrogens is 362 g/mol. The van der Waals surface area contributed by atoms with Gasteiger partial charge in [0.25, 0.3) is 5.91 Å². The maximum Gasteiger partial charge on any atom is 0.251 e. The molecule has 3 aromatic rings. The molecule has 150 valence electrons. The Bertz CT molecular complexity index is 884. The largest absolute Gasteiger partial charge is 0.467 e. The minimum Gasteiger partial charge on any atom is -0.467 e. The van der Waals surface area contributed by atoms with Crippen molar-refractivity contribution in [1.29, 1.82) is 0 Å².